The number of ether oxygens (including phenoxy) is 2. The van der Waals surface area contributed by atoms with E-state index in [1.54, 1.807) is 32.2 Å². The van der Waals surface area contributed by atoms with Gasteiger partial charge >= 0.3 is 5.97 Å². The van der Waals surface area contributed by atoms with Crippen LogP contribution in [0.1, 0.15) is 12.5 Å². The number of carbonyl (C=O) groups is 1. The van der Waals surface area contributed by atoms with E-state index >= 15 is 0 Å². The standard InChI is InChI=1S/C13H17NO3/c1-10(9-16-2)17-13(15)7-6-11-4-3-5-12(14)8-11/h3-8,10H,9,14H2,1-2H3/b7-6+. The summed E-state index contributed by atoms with van der Waals surface area (Å²) < 4.78 is 9.93. The maximum atomic E-state index is 11.4. The fraction of sp³-hybridized carbons (Fsp3) is 0.308. The molecule has 0 aliphatic rings. The second-order valence-electron chi connectivity index (χ2n) is 3.71. The third-order valence-corrected chi connectivity index (χ3v) is 2.04. The lowest BCUT2D eigenvalue weighted by molar-refractivity contribution is -0.144. The van der Waals surface area contributed by atoms with Gasteiger partial charge in [-0.25, -0.2) is 4.79 Å². The van der Waals surface area contributed by atoms with E-state index in [4.69, 9.17) is 15.2 Å². The van der Waals surface area contributed by atoms with Gasteiger partial charge in [-0.05, 0) is 30.7 Å². The molecule has 0 bridgehead atoms. The number of rotatable bonds is 5. The Kier molecular flexibility index (Phi) is 5.23. The van der Waals surface area contributed by atoms with Crippen molar-refractivity contribution < 1.29 is 14.3 Å². The number of carbonyl (C=O) groups excluding carboxylic acids is 1. The van der Waals surface area contributed by atoms with Crippen molar-refractivity contribution in [3.8, 4) is 0 Å². The third-order valence-electron chi connectivity index (χ3n) is 2.04. The van der Waals surface area contributed by atoms with Gasteiger partial charge in [-0.15, -0.1) is 0 Å². The van der Waals surface area contributed by atoms with Crippen molar-refractivity contribution in [3.05, 3.63) is 35.9 Å². The molecule has 0 aliphatic heterocycles. The third kappa shape index (κ3) is 5.17. The molecular formula is C13H17NO3. The van der Waals surface area contributed by atoms with Crippen LogP contribution in [0.5, 0.6) is 0 Å². The normalized spacial score (nSPS) is 12.6. The van der Waals surface area contributed by atoms with Gasteiger partial charge in [-0.1, -0.05) is 12.1 Å². The predicted octanol–water partition coefficient (Wildman–Crippen LogP) is 1.86. The predicted molar refractivity (Wildman–Crippen MR) is 67.3 cm³/mol. The number of hydrogen-bond donors (Lipinski definition) is 1. The van der Waals surface area contributed by atoms with E-state index < -0.39 is 5.97 Å². The molecule has 0 spiro atoms. The number of nitrogen functional groups attached to an aromatic ring is 1. The van der Waals surface area contributed by atoms with Gasteiger partial charge in [0.2, 0.25) is 0 Å². The van der Waals surface area contributed by atoms with E-state index in [1.165, 1.54) is 6.08 Å². The van der Waals surface area contributed by atoms with Gasteiger partial charge in [0.25, 0.3) is 0 Å². The Bertz CT molecular complexity index is 401. The molecule has 4 heteroatoms. The summed E-state index contributed by atoms with van der Waals surface area (Å²) in [5, 5.41) is 0. The van der Waals surface area contributed by atoms with Crippen LogP contribution < -0.4 is 5.73 Å². The topological polar surface area (TPSA) is 61.5 Å². The zero-order chi connectivity index (χ0) is 12.7. The van der Waals surface area contributed by atoms with Crippen molar-refractivity contribution >= 4 is 17.7 Å². The van der Waals surface area contributed by atoms with Crippen molar-refractivity contribution in [2.24, 2.45) is 0 Å². The molecule has 1 aromatic carbocycles. The molecule has 0 aliphatic carbocycles. The highest BCUT2D eigenvalue weighted by atomic mass is 16.6. The molecule has 0 radical (unpaired) electrons. The van der Waals surface area contributed by atoms with Gasteiger partial charge in [0, 0.05) is 18.9 Å². The summed E-state index contributed by atoms with van der Waals surface area (Å²) >= 11 is 0. The Morgan fingerprint density at radius 1 is 1.53 bits per heavy atom. The van der Waals surface area contributed by atoms with Crippen LogP contribution in [-0.4, -0.2) is 25.8 Å². The van der Waals surface area contributed by atoms with Crippen LogP contribution in [0, 0.1) is 0 Å². The van der Waals surface area contributed by atoms with Gasteiger partial charge < -0.3 is 15.2 Å². The Morgan fingerprint density at radius 2 is 2.29 bits per heavy atom. The molecule has 2 N–H and O–H groups in total. The van der Waals surface area contributed by atoms with Gasteiger partial charge in [-0.2, -0.15) is 0 Å². The molecule has 0 saturated heterocycles. The average molecular weight is 235 g/mol. The van der Waals surface area contributed by atoms with E-state index in [-0.39, 0.29) is 6.10 Å². The molecule has 92 valence electrons. The second kappa shape index (κ2) is 6.70. The summed E-state index contributed by atoms with van der Waals surface area (Å²) in [5.41, 5.74) is 7.14. The highest BCUT2D eigenvalue weighted by Gasteiger charge is 2.05. The van der Waals surface area contributed by atoms with E-state index in [2.05, 4.69) is 0 Å². The monoisotopic (exact) mass is 235 g/mol. The van der Waals surface area contributed by atoms with Crippen LogP contribution in [0.4, 0.5) is 5.69 Å². The van der Waals surface area contributed by atoms with Crippen LogP contribution >= 0.6 is 0 Å². The van der Waals surface area contributed by atoms with Crippen LogP contribution in [0.15, 0.2) is 30.3 Å². The number of hydrogen-bond acceptors (Lipinski definition) is 4. The molecule has 4 nitrogen and oxygen atoms in total. The summed E-state index contributed by atoms with van der Waals surface area (Å²) in [6, 6.07) is 7.26. The van der Waals surface area contributed by atoms with Crippen molar-refractivity contribution in [3.63, 3.8) is 0 Å². The first-order valence-electron chi connectivity index (χ1n) is 5.35. The van der Waals surface area contributed by atoms with Gasteiger partial charge in [0.05, 0.1) is 6.61 Å². The number of benzene rings is 1. The van der Waals surface area contributed by atoms with Crippen molar-refractivity contribution in [1.82, 2.24) is 0 Å². The quantitative estimate of drug-likeness (QED) is 0.480. The van der Waals surface area contributed by atoms with Crippen molar-refractivity contribution in [2.45, 2.75) is 13.0 Å². The number of methoxy groups -OCH3 is 1. The largest absolute Gasteiger partial charge is 0.457 e. The lowest BCUT2D eigenvalue weighted by Gasteiger charge is -2.09. The first-order chi connectivity index (χ1) is 8.11. The maximum absolute atomic E-state index is 11.4. The molecule has 0 fully saturated rings. The van der Waals surface area contributed by atoms with Gasteiger partial charge in [-0.3, -0.25) is 0 Å². The van der Waals surface area contributed by atoms with Crippen LogP contribution in [-0.2, 0) is 14.3 Å². The summed E-state index contributed by atoms with van der Waals surface area (Å²) in [6.07, 6.45) is 2.79. The minimum atomic E-state index is -0.392. The molecule has 17 heavy (non-hydrogen) atoms. The smallest absolute Gasteiger partial charge is 0.331 e. The molecule has 0 saturated carbocycles. The summed E-state index contributed by atoms with van der Waals surface area (Å²) in [7, 11) is 1.56. The SMILES string of the molecule is COCC(C)OC(=O)/C=C/c1cccc(N)c1. The lowest BCUT2D eigenvalue weighted by Crippen LogP contribution is -2.18. The fourth-order valence-corrected chi connectivity index (χ4v) is 1.33. The maximum Gasteiger partial charge on any atom is 0.331 e. The lowest BCUT2D eigenvalue weighted by atomic mass is 10.2. The average Bonchev–Trinajstić information content (AvgIpc) is 2.27. The molecule has 1 unspecified atom stereocenters. The number of esters is 1. The Labute approximate surface area is 101 Å². The molecular weight excluding hydrogens is 218 g/mol. The summed E-state index contributed by atoms with van der Waals surface area (Å²) in [5.74, 6) is -0.392. The molecule has 1 rings (SSSR count). The first kappa shape index (κ1) is 13.3. The van der Waals surface area contributed by atoms with E-state index in [1.807, 2.05) is 12.1 Å². The highest BCUT2D eigenvalue weighted by molar-refractivity contribution is 5.87. The molecule has 0 amide bonds. The van der Waals surface area contributed by atoms with Gasteiger partial charge in [0.15, 0.2) is 0 Å². The van der Waals surface area contributed by atoms with E-state index in [9.17, 15) is 4.79 Å². The van der Waals surface area contributed by atoms with Crippen LogP contribution in [0.25, 0.3) is 6.08 Å². The molecule has 1 atom stereocenters. The van der Waals surface area contributed by atoms with Crippen molar-refractivity contribution in [1.29, 1.82) is 0 Å². The Hall–Kier alpha value is -1.81. The zero-order valence-electron chi connectivity index (χ0n) is 10.1. The molecule has 1 aromatic rings. The number of anilines is 1. The second-order valence-corrected chi connectivity index (χ2v) is 3.71. The van der Waals surface area contributed by atoms with Crippen LogP contribution in [0.2, 0.25) is 0 Å². The van der Waals surface area contributed by atoms with Crippen LogP contribution in [0.3, 0.4) is 0 Å². The Balaban J connectivity index is 2.51. The molecule has 0 heterocycles. The van der Waals surface area contributed by atoms with E-state index in [0.29, 0.717) is 12.3 Å². The van der Waals surface area contributed by atoms with Crippen molar-refractivity contribution in [2.75, 3.05) is 19.5 Å². The molecule has 0 aromatic heterocycles. The van der Waals surface area contributed by atoms with E-state index in [0.717, 1.165) is 5.56 Å². The summed E-state index contributed by atoms with van der Waals surface area (Å²) in [4.78, 5) is 11.4. The fourth-order valence-electron chi connectivity index (χ4n) is 1.33. The minimum Gasteiger partial charge on any atom is -0.457 e. The van der Waals surface area contributed by atoms with Gasteiger partial charge in [0.1, 0.15) is 6.10 Å². The Morgan fingerprint density at radius 3 is 2.94 bits per heavy atom. The first-order valence-corrected chi connectivity index (χ1v) is 5.35. The summed E-state index contributed by atoms with van der Waals surface area (Å²) in [6.45, 7) is 2.16. The number of nitrogens with two attached hydrogens (primary N) is 1. The highest BCUT2D eigenvalue weighted by Crippen LogP contribution is 2.08. The zero-order valence-corrected chi connectivity index (χ0v) is 10.1. The minimum absolute atomic E-state index is 0.252.